The van der Waals surface area contributed by atoms with Crippen LogP contribution in [-0.2, 0) is 31.9 Å². The van der Waals surface area contributed by atoms with E-state index in [2.05, 4.69) is 31.4 Å². The van der Waals surface area contributed by atoms with Crippen molar-refractivity contribution in [2.24, 2.45) is 17.3 Å². The van der Waals surface area contributed by atoms with Crippen LogP contribution in [0, 0.1) is 17.3 Å². The van der Waals surface area contributed by atoms with Crippen LogP contribution >= 0.6 is 0 Å². The van der Waals surface area contributed by atoms with Crippen LogP contribution in [0.2, 0.25) is 0 Å². The van der Waals surface area contributed by atoms with Crippen LogP contribution in [0.15, 0.2) is 60.7 Å². The zero-order valence-electron chi connectivity index (χ0n) is 23.0. The average molecular weight is 518 g/mol. The molecular formula is C30H39BN2O5. The summed E-state index contributed by atoms with van der Waals surface area (Å²) < 4.78 is 18.6. The van der Waals surface area contributed by atoms with E-state index in [1.807, 2.05) is 60.7 Å². The number of alkyl carbamates (subject to hydrolysis) is 1. The van der Waals surface area contributed by atoms with Crippen LogP contribution in [0.5, 0.6) is 0 Å². The summed E-state index contributed by atoms with van der Waals surface area (Å²) in [4.78, 5) is 26.0. The molecule has 1 heterocycles. The van der Waals surface area contributed by atoms with Crippen molar-refractivity contribution in [3.8, 4) is 0 Å². The van der Waals surface area contributed by atoms with E-state index in [1.54, 1.807) is 13.8 Å². The van der Waals surface area contributed by atoms with Gasteiger partial charge in [-0.25, -0.2) is 4.79 Å². The largest absolute Gasteiger partial charge is 0.482 e. The summed E-state index contributed by atoms with van der Waals surface area (Å²) in [6.45, 7) is 10.3. The molecule has 38 heavy (non-hydrogen) atoms. The van der Waals surface area contributed by atoms with Crippen LogP contribution in [0.3, 0.4) is 0 Å². The van der Waals surface area contributed by atoms with Crippen molar-refractivity contribution in [1.82, 2.24) is 10.6 Å². The van der Waals surface area contributed by atoms with Crippen LogP contribution in [0.25, 0.3) is 0 Å². The first-order valence-electron chi connectivity index (χ1n) is 13.7. The van der Waals surface area contributed by atoms with Gasteiger partial charge in [-0.05, 0) is 68.4 Å². The first kappa shape index (κ1) is 26.8. The number of hydrogen-bond donors (Lipinski definition) is 2. The van der Waals surface area contributed by atoms with Crippen molar-refractivity contribution in [3.63, 3.8) is 0 Å². The third-order valence-corrected chi connectivity index (χ3v) is 9.11. The summed E-state index contributed by atoms with van der Waals surface area (Å²) in [5, 5.41) is 5.86. The fourth-order valence-corrected chi connectivity index (χ4v) is 6.57. The number of hydrogen-bond acceptors (Lipinski definition) is 5. The zero-order chi connectivity index (χ0) is 27.1. The molecule has 0 unspecified atom stereocenters. The van der Waals surface area contributed by atoms with Crippen molar-refractivity contribution >= 4 is 19.1 Å². The number of carbonyl (C=O) groups excluding carboxylic acids is 2. The second kappa shape index (κ2) is 10.0. The molecule has 2 N–H and O–H groups in total. The molecule has 3 aliphatic carbocycles. The summed E-state index contributed by atoms with van der Waals surface area (Å²) in [7, 11) is -0.579. The van der Waals surface area contributed by atoms with Gasteiger partial charge in [0.15, 0.2) is 0 Å². The Bertz CT molecular complexity index is 1160. The van der Waals surface area contributed by atoms with E-state index in [0.717, 1.165) is 24.0 Å². The lowest BCUT2D eigenvalue weighted by atomic mass is 9.43. The van der Waals surface area contributed by atoms with Gasteiger partial charge in [-0.2, -0.15) is 0 Å². The highest BCUT2D eigenvalue weighted by atomic mass is 16.7. The predicted octanol–water partition coefficient (Wildman–Crippen LogP) is 4.69. The lowest BCUT2D eigenvalue weighted by molar-refractivity contribution is -0.199. The van der Waals surface area contributed by atoms with Crippen LogP contribution < -0.4 is 10.6 Å². The van der Waals surface area contributed by atoms with E-state index < -0.39 is 24.7 Å². The summed E-state index contributed by atoms with van der Waals surface area (Å²) in [6.07, 6.45) is 2.05. The number of nitrogens with one attached hydrogen (secondary N) is 2. The molecule has 3 saturated carbocycles. The molecule has 6 rings (SSSR count). The smallest absolute Gasteiger partial charge is 0.445 e. The molecule has 5 atom stereocenters. The van der Waals surface area contributed by atoms with Gasteiger partial charge in [0.05, 0.1) is 17.6 Å². The lowest BCUT2D eigenvalue weighted by Gasteiger charge is -2.64. The molecule has 0 radical (unpaired) electrons. The number of ether oxygens (including phenoxy) is 1. The maximum Gasteiger partial charge on any atom is 0.482 e. The minimum atomic E-state index is -1.21. The van der Waals surface area contributed by atoms with Gasteiger partial charge in [-0.15, -0.1) is 0 Å². The molecule has 7 nitrogen and oxygen atoms in total. The quantitative estimate of drug-likeness (QED) is 0.496. The Hall–Kier alpha value is -2.84. The Kier molecular flexibility index (Phi) is 7.07. The van der Waals surface area contributed by atoms with Crippen LogP contribution in [-0.4, -0.2) is 42.3 Å². The minimum absolute atomic E-state index is 0.0125. The van der Waals surface area contributed by atoms with E-state index in [9.17, 15) is 9.59 Å². The number of carbonyl (C=O) groups is 2. The van der Waals surface area contributed by atoms with Gasteiger partial charge in [-0.1, -0.05) is 74.5 Å². The summed E-state index contributed by atoms with van der Waals surface area (Å²) in [5.74, 6) is 0.315. The summed E-state index contributed by atoms with van der Waals surface area (Å²) >= 11 is 0. The second-order valence-electron chi connectivity index (χ2n) is 12.4. The fraction of sp³-hybridized carbons (Fsp3) is 0.533. The van der Waals surface area contributed by atoms with Crippen molar-refractivity contribution < 1.29 is 23.6 Å². The number of amides is 2. The molecule has 4 fully saturated rings. The van der Waals surface area contributed by atoms with Crippen molar-refractivity contribution in [2.75, 3.05) is 0 Å². The predicted molar refractivity (Wildman–Crippen MR) is 146 cm³/mol. The summed E-state index contributed by atoms with van der Waals surface area (Å²) in [6, 6.07) is 19.4. The highest BCUT2D eigenvalue weighted by molar-refractivity contribution is 6.48. The fourth-order valence-electron chi connectivity index (χ4n) is 6.57. The highest BCUT2D eigenvalue weighted by Gasteiger charge is 2.68. The molecule has 2 bridgehead atoms. The number of benzene rings is 2. The van der Waals surface area contributed by atoms with Gasteiger partial charge in [0.1, 0.15) is 12.1 Å². The molecule has 202 valence electrons. The molecule has 1 aliphatic heterocycles. The molecule has 0 aromatic heterocycles. The highest BCUT2D eigenvalue weighted by Crippen LogP contribution is 2.65. The Morgan fingerprint density at radius 3 is 2.29 bits per heavy atom. The van der Waals surface area contributed by atoms with Crippen molar-refractivity contribution in [1.29, 1.82) is 0 Å². The Labute approximate surface area is 226 Å². The lowest BCUT2D eigenvalue weighted by Crippen LogP contribution is -2.65. The number of rotatable bonds is 8. The molecule has 4 aliphatic rings. The Morgan fingerprint density at radius 1 is 1.03 bits per heavy atom. The Balaban J connectivity index is 1.27. The SMILES string of the molecule is CC(C)(NC(=O)OCc1ccccc1)C(=O)N[C@@H](Cc1ccccc1)B1O[C@@H]2C[C@@H]3C[C@@H](C3(C)C)[C@]2(C)O1. The third kappa shape index (κ3) is 5.08. The van der Waals surface area contributed by atoms with Gasteiger partial charge in [0.2, 0.25) is 5.91 Å². The average Bonchev–Trinajstić information content (AvgIpc) is 3.25. The van der Waals surface area contributed by atoms with E-state index in [0.29, 0.717) is 18.3 Å². The Morgan fingerprint density at radius 2 is 1.66 bits per heavy atom. The van der Waals surface area contributed by atoms with E-state index >= 15 is 0 Å². The molecule has 2 aromatic carbocycles. The van der Waals surface area contributed by atoms with Gasteiger partial charge in [-0.3, -0.25) is 4.79 Å². The van der Waals surface area contributed by atoms with Crippen LogP contribution in [0.4, 0.5) is 4.79 Å². The van der Waals surface area contributed by atoms with Gasteiger partial charge < -0.3 is 24.7 Å². The zero-order valence-corrected chi connectivity index (χ0v) is 23.0. The van der Waals surface area contributed by atoms with Crippen molar-refractivity contribution in [3.05, 3.63) is 71.8 Å². The molecule has 8 heteroatoms. The van der Waals surface area contributed by atoms with Gasteiger partial charge in [0, 0.05) is 0 Å². The van der Waals surface area contributed by atoms with E-state index in [-0.39, 0.29) is 29.6 Å². The molecule has 2 amide bonds. The topological polar surface area (TPSA) is 85.9 Å². The normalized spacial score (nSPS) is 28.0. The standard InChI is InChI=1S/C30H39BN2O5/c1-28(2)22-17-23(28)30(5)24(18-22)37-31(38-30)25(16-20-12-8-6-9-13-20)32-26(34)29(3,4)33-27(35)36-19-21-14-10-7-11-15-21/h6-15,22-25H,16-19H2,1-5H3,(H,32,34)(H,33,35)/t22-,23-,24+,25-,30-/m0/s1. The molecule has 2 aromatic rings. The molecule has 1 saturated heterocycles. The first-order valence-corrected chi connectivity index (χ1v) is 13.7. The minimum Gasteiger partial charge on any atom is -0.445 e. The molecule has 0 spiro atoms. The van der Waals surface area contributed by atoms with Crippen molar-refractivity contribution in [2.45, 2.75) is 83.7 Å². The van der Waals surface area contributed by atoms with E-state index in [1.165, 1.54) is 0 Å². The molecular weight excluding hydrogens is 479 g/mol. The maximum absolute atomic E-state index is 13.5. The maximum atomic E-state index is 13.5. The summed E-state index contributed by atoms with van der Waals surface area (Å²) in [5.41, 5.74) is 0.592. The van der Waals surface area contributed by atoms with Gasteiger partial charge in [0.25, 0.3) is 0 Å². The second-order valence-corrected chi connectivity index (χ2v) is 12.4. The first-order chi connectivity index (χ1) is 18.0. The van der Waals surface area contributed by atoms with Crippen LogP contribution in [0.1, 0.15) is 58.6 Å². The monoisotopic (exact) mass is 518 g/mol. The third-order valence-electron chi connectivity index (χ3n) is 9.11. The van der Waals surface area contributed by atoms with E-state index in [4.69, 9.17) is 14.0 Å². The van der Waals surface area contributed by atoms with Gasteiger partial charge >= 0.3 is 13.2 Å².